The van der Waals surface area contributed by atoms with Gasteiger partial charge in [-0.05, 0) is 42.3 Å². The van der Waals surface area contributed by atoms with Crippen molar-refractivity contribution in [1.29, 1.82) is 0 Å². The molecule has 0 saturated heterocycles. The molecule has 0 spiro atoms. The number of aryl methyl sites for hydroxylation is 1. The molecule has 134 valence electrons. The number of nitrogens with one attached hydrogen (secondary N) is 2. The number of aromatic nitrogens is 1. The molecular formula is C23H20N2O2. The number of anilines is 1. The minimum Gasteiger partial charge on any atom is -0.489 e. The van der Waals surface area contributed by atoms with E-state index in [2.05, 4.69) is 10.3 Å². The lowest BCUT2D eigenvalue weighted by molar-refractivity contribution is 0.102. The standard InChI is InChI=1S/C23H20N2O2/c1-16-7-5-6-10-20(16)25-23(26)22-13-18-11-12-19(14-21(18)24-22)27-15-17-8-3-2-4-9-17/h2-14,24H,15H2,1H3,(H,25,26). The van der Waals surface area contributed by atoms with Crippen LogP contribution in [-0.4, -0.2) is 10.9 Å². The molecule has 4 nitrogen and oxygen atoms in total. The zero-order valence-corrected chi connectivity index (χ0v) is 15.0. The van der Waals surface area contributed by atoms with E-state index in [1.165, 1.54) is 0 Å². The number of para-hydroxylation sites is 1. The molecule has 1 amide bonds. The minimum absolute atomic E-state index is 0.160. The molecule has 1 heterocycles. The van der Waals surface area contributed by atoms with Gasteiger partial charge in [-0.15, -0.1) is 0 Å². The number of benzene rings is 3. The molecule has 27 heavy (non-hydrogen) atoms. The van der Waals surface area contributed by atoms with E-state index in [9.17, 15) is 4.79 Å². The summed E-state index contributed by atoms with van der Waals surface area (Å²) < 4.78 is 5.86. The van der Waals surface area contributed by atoms with E-state index in [-0.39, 0.29) is 5.91 Å². The quantitative estimate of drug-likeness (QED) is 0.509. The lowest BCUT2D eigenvalue weighted by atomic mass is 10.2. The molecule has 2 N–H and O–H groups in total. The number of hydrogen-bond acceptors (Lipinski definition) is 2. The van der Waals surface area contributed by atoms with E-state index in [0.29, 0.717) is 12.3 Å². The van der Waals surface area contributed by atoms with Gasteiger partial charge in [0.05, 0.1) is 0 Å². The minimum atomic E-state index is -0.160. The summed E-state index contributed by atoms with van der Waals surface area (Å²) in [5.74, 6) is 0.603. The Morgan fingerprint density at radius 2 is 1.74 bits per heavy atom. The molecule has 0 aliphatic heterocycles. The van der Waals surface area contributed by atoms with Crippen molar-refractivity contribution in [3.8, 4) is 5.75 Å². The van der Waals surface area contributed by atoms with Gasteiger partial charge < -0.3 is 15.0 Å². The average Bonchev–Trinajstić information content (AvgIpc) is 3.12. The smallest absolute Gasteiger partial charge is 0.272 e. The zero-order chi connectivity index (χ0) is 18.6. The van der Waals surface area contributed by atoms with Crippen LogP contribution in [0.1, 0.15) is 21.6 Å². The number of ether oxygens (including phenoxy) is 1. The van der Waals surface area contributed by atoms with Gasteiger partial charge in [-0.25, -0.2) is 0 Å². The summed E-state index contributed by atoms with van der Waals surface area (Å²) in [6.07, 6.45) is 0. The van der Waals surface area contributed by atoms with Crippen molar-refractivity contribution in [2.75, 3.05) is 5.32 Å². The number of fused-ring (bicyclic) bond motifs is 1. The zero-order valence-electron chi connectivity index (χ0n) is 15.0. The molecule has 4 rings (SSSR count). The number of amides is 1. The van der Waals surface area contributed by atoms with Crippen molar-refractivity contribution in [1.82, 2.24) is 4.98 Å². The summed E-state index contributed by atoms with van der Waals surface area (Å²) in [4.78, 5) is 15.7. The highest BCUT2D eigenvalue weighted by Crippen LogP contribution is 2.23. The van der Waals surface area contributed by atoms with Crippen LogP contribution in [0.2, 0.25) is 0 Å². The largest absolute Gasteiger partial charge is 0.489 e. The predicted molar refractivity (Wildman–Crippen MR) is 108 cm³/mol. The van der Waals surface area contributed by atoms with Crippen LogP contribution < -0.4 is 10.1 Å². The highest BCUT2D eigenvalue weighted by atomic mass is 16.5. The Hall–Kier alpha value is -3.53. The lowest BCUT2D eigenvalue weighted by Crippen LogP contribution is -2.12. The van der Waals surface area contributed by atoms with E-state index in [1.54, 1.807) is 0 Å². The van der Waals surface area contributed by atoms with Crippen molar-refractivity contribution in [2.24, 2.45) is 0 Å². The van der Waals surface area contributed by atoms with Crippen LogP contribution in [0.3, 0.4) is 0 Å². The average molecular weight is 356 g/mol. The summed E-state index contributed by atoms with van der Waals surface area (Å²) in [5, 5.41) is 3.92. The molecular weight excluding hydrogens is 336 g/mol. The van der Waals surface area contributed by atoms with Crippen LogP contribution in [-0.2, 0) is 6.61 Å². The summed E-state index contributed by atoms with van der Waals surface area (Å²) in [6, 6.07) is 25.4. The summed E-state index contributed by atoms with van der Waals surface area (Å²) in [7, 11) is 0. The molecule has 0 atom stereocenters. The molecule has 1 aromatic heterocycles. The van der Waals surface area contributed by atoms with Crippen LogP contribution in [0, 0.1) is 6.92 Å². The van der Waals surface area contributed by atoms with Crippen LogP contribution in [0.25, 0.3) is 10.9 Å². The Labute approximate surface area is 157 Å². The lowest BCUT2D eigenvalue weighted by Gasteiger charge is -2.06. The Bertz CT molecular complexity index is 1080. The Morgan fingerprint density at radius 1 is 0.963 bits per heavy atom. The van der Waals surface area contributed by atoms with Crippen LogP contribution >= 0.6 is 0 Å². The maximum Gasteiger partial charge on any atom is 0.272 e. The molecule has 0 fully saturated rings. The van der Waals surface area contributed by atoms with Crippen LogP contribution in [0.5, 0.6) is 5.75 Å². The fourth-order valence-corrected chi connectivity index (χ4v) is 2.96. The van der Waals surface area contributed by atoms with Crippen molar-refractivity contribution in [3.05, 3.63) is 95.7 Å². The molecule has 0 radical (unpaired) electrons. The van der Waals surface area contributed by atoms with Gasteiger partial charge in [0.25, 0.3) is 5.91 Å². The maximum atomic E-state index is 12.6. The first kappa shape index (κ1) is 16.9. The second-order valence-corrected chi connectivity index (χ2v) is 6.48. The van der Waals surface area contributed by atoms with Gasteiger partial charge in [0.15, 0.2) is 0 Å². The van der Waals surface area contributed by atoms with Gasteiger partial charge in [-0.3, -0.25) is 4.79 Å². The first-order valence-corrected chi connectivity index (χ1v) is 8.85. The van der Waals surface area contributed by atoms with Gasteiger partial charge in [0.2, 0.25) is 0 Å². The topological polar surface area (TPSA) is 54.1 Å². The van der Waals surface area contributed by atoms with Crippen LogP contribution in [0.4, 0.5) is 5.69 Å². The third-order valence-corrected chi connectivity index (χ3v) is 4.48. The van der Waals surface area contributed by atoms with Crippen molar-refractivity contribution < 1.29 is 9.53 Å². The molecule has 0 aliphatic carbocycles. The first-order chi connectivity index (χ1) is 13.2. The molecule has 4 aromatic rings. The Balaban J connectivity index is 1.50. The van der Waals surface area contributed by atoms with Gasteiger partial charge >= 0.3 is 0 Å². The molecule has 0 unspecified atom stereocenters. The third-order valence-electron chi connectivity index (χ3n) is 4.48. The number of hydrogen-bond donors (Lipinski definition) is 2. The number of rotatable bonds is 5. The Kier molecular flexibility index (Phi) is 4.62. The molecule has 0 bridgehead atoms. The van der Waals surface area contributed by atoms with E-state index < -0.39 is 0 Å². The molecule has 4 heteroatoms. The predicted octanol–water partition coefficient (Wildman–Crippen LogP) is 5.31. The van der Waals surface area contributed by atoms with E-state index in [0.717, 1.165) is 33.5 Å². The Morgan fingerprint density at radius 3 is 2.56 bits per heavy atom. The van der Waals surface area contributed by atoms with E-state index in [4.69, 9.17) is 4.74 Å². The fourth-order valence-electron chi connectivity index (χ4n) is 2.96. The summed E-state index contributed by atoms with van der Waals surface area (Å²) in [6.45, 7) is 2.48. The first-order valence-electron chi connectivity index (χ1n) is 8.85. The number of H-pyrrole nitrogens is 1. The van der Waals surface area contributed by atoms with Crippen molar-refractivity contribution in [3.63, 3.8) is 0 Å². The van der Waals surface area contributed by atoms with E-state index >= 15 is 0 Å². The third kappa shape index (κ3) is 3.85. The number of carbonyl (C=O) groups is 1. The highest BCUT2D eigenvalue weighted by molar-refractivity contribution is 6.06. The van der Waals surface area contributed by atoms with Gasteiger partial charge in [0, 0.05) is 22.7 Å². The number of carbonyl (C=O) groups excluding carboxylic acids is 1. The van der Waals surface area contributed by atoms with E-state index in [1.807, 2.05) is 85.8 Å². The maximum absolute atomic E-state index is 12.6. The summed E-state index contributed by atoms with van der Waals surface area (Å²) >= 11 is 0. The molecule has 0 aliphatic rings. The monoisotopic (exact) mass is 356 g/mol. The second kappa shape index (κ2) is 7.38. The van der Waals surface area contributed by atoms with Crippen molar-refractivity contribution in [2.45, 2.75) is 13.5 Å². The normalized spacial score (nSPS) is 10.7. The highest BCUT2D eigenvalue weighted by Gasteiger charge is 2.11. The van der Waals surface area contributed by atoms with Crippen molar-refractivity contribution >= 4 is 22.5 Å². The SMILES string of the molecule is Cc1ccccc1NC(=O)c1cc2ccc(OCc3ccccc3)cc2[nH]1. The van der Waals surface area contributed by atoms with Gasteiger partial charge in [-0.1, -0.05) is 48.5 Å². The van der Waals surface area contributed by atoms with Crippen LogP contribution in [0.15, 0.2) is 78.9 Å². The van der Waals surface area contributed by atoms with Gasteiger partial charge in [-0.2, -0.15) is 0 Å². The number of aromatic amines is 1. The summed E-state index contributed by atoms with van der Waals surface area (Å²) in [5.41, 5.74) is 4.35. The molecule has 3 aromatic carbocycles. The fraction of sp³-hybridized carbons (Fsp3) is 0.0870. The molecule has 0 saturated carbocycles. The van der Waals surface area contributed by atoms with Gasteiger partial charge in [0.1, 0.15) is 18.1 Å². The second-order valence-electron chi connectivity index (χ2n) is 6.48.